The van der Waals surface area contributed by atoms with E-state index >= 15 is 0 Å². The second-order valence-electron chi connectivity index (χ2n) is 5.76. The lowest BCUT2D eigenvalue weighted by Gasteiger charge is -2.14. The van der Waals surface area contributed by atoms with Gasteiger partial charge in [-0.15, -0.1) is 24.0 Å². The van der Waals surface area contributed by atoms with Crippen molar-refractivity contribution in [2.75, 3.05) is 19.8 Å². The van der Waals surface area contributed by atoms with Gasteiger partial charge in [-0.05, 0) is 54.5 Å². The van der Waals surface area contributed by atoms with Crippen molar-refractivity contribution in [1.29, 1.82) is 0 Å². The molecule has 1 heterocycles. The molecule has 0 saturated carbocycles. The van der Waals surface area contributed by atoms with Gasteiger partial charge in [-0.3, -0.25) is 9.98 Å². The lowest BCUT2D eigenvalue weighted by molar-refractivity contribution is 0.625. The lowest BCUT2D eigenvalue weighted by atomic mass is 10.1. The fraction of sp³-hybridized carbons (Fsp3) is 0.368. The number of benzene rings is 1. The normalized spacial score (nSPS) is 11.0. The molecule has 0 saturated heterocycles. The van der Waals surface area contributed by atoms with E-state index in [1.807, 2.05) is 31.5 Å². The third-order valence-corrected chi connectivity index (χ3v) is 4.42. The van der Waals surface area contributed by atoms with E-state index in [9.17, 15) is 4.39 Å². The standard InChI is InChI=1S/C19H25FN4S.HI/c1-14-4-5-15(11-23-14)8-9-22-19(21-2)24-12-16-6-7-18(20)10-17(16)13-25-3;/h4-7,10-11H,8-9,12-13H2,1-3H3,(H2,21,22,24);1H. The van der Waals surface area contributed by atoms with E-state index in [4.69, 9.17) is 0 Å². The molecule has 0 aliphatic carbocycles. The second-order valence-corrected chi connectivity index (χ2v) is 6.62. The summed E-state index contributed by atoms with van der Waals surface area (Å²) < 4.78 is 13.4. The molecule has 0 fully saturated rings. The number of pyridine rings is 1. The van der Waals surface area contributed by atoms with Crippen LogP contribution in [-0.2, 0) is 18.7 Å². The largest absolute Gasteiger partial charge is 0.356 e. The Morgan fingerprint density at radius 2 is 2.00 bits per heavy atom. The quantitative estimate of drug-likeness (QED) is 0.353. The number of nitrogens with zero attached hydrogens (tertiary/aromatic N) is 2. The number of nitrogens with one attached hydrogen (secondary N) is 2. The third kappa shape index (κ3) is 7.49. The molecule has 142 valence electrons. The van der Waals surface area contributed by atoms with Crippen molar-refractivity contribution in [3.05, 3.63) is 64.7 Å². The second kappa shape index (κ2) is 12.1. The van der Waals surface area contributed by atoms with E-state index in [0.29, 0.717) is 6.54 Å². The van der Waals surface area contributed by atoms with E-state index in [2.05, 4.69) is 26.7 Å². The van der Waals surface area contributed by atoms with E-state index in [1.165, 1.54) is 11.6 Å². The molecule has 26 heavy (non-hydrogen) atoms. The van der Waals surface area contributed by atoms with Crippen LogP contribution >= 0.6 is 35.7 Å². The molecule has 0 amide bonds. The zero-order valence-corrected chi connectivity index (χ0v) is 18.5. The molecule has 0 radical (unpaired) electrons. The number of rotatable bonds is 7. The Morgan fingerprint density at radius 3 is 2.65 bits per heavy atom. The van der Waals surface area contributed by atoms with E-state index in [1.54, 1.807) is 24.9 Å². The fourth-order valence-electron chi connectivity index (χ4n) is 2.43. The van der Waals surface area contributed by atoms with E-state index in [-0.39, 0.29) is 29.8 Å². The summed E-state index contributed by atoms with van der Waals surface area (Å²) in [5.41, 5.74) is 4.31. The molecule has 0 bridgehead atoms. The van der Waals surface area contributed by atoms with E-state index in [0.717, 1.165) is 41.5 Å². The van der Waals surface area contributed by atoms with Gasteiger partial charge in [0.1, 0.15) is 5.82 Å². The number of guanidine groups is 1. The summed E-state index contributed by atoms with van der Waals surface area (Å²) in [4.78, 5) is 8.54. The molecule has 7 heteroatoms. The fourth-order valence-corrected chi connectivity index (χ4v) is 3.01. The van der Waals surface area contributed by atoms with E-state index < -0.39 is 0 Å². The predicted octanol–water partition coefficient (Wildman–Crippen LogP) is 3.92. The summed E-state index contributed by atoms with van der Waals surface area (Å²) in [6, 6.07) is 9.05. The minimum Gasteiger partial charge on any atom is -0.356 e. The van der Waals surface area contributed by atoms with Gasteiger partial charge in [0.25, 0.3) is 0 Å². The molecule has 0 spiro atoms. The molecule has 0 aliphatic rings. The van der Waals surface area contributed by atoms with Gasteiger partial charge < -0.3 is 10.6 Å². The van der Waals surface area contributed by atoms with Crippen LogP contribution in [0.4, 0.5) is 4.39 Å². The molecule has 1 aromatic heterocycles. The number of aromatic nitrogens is 1. The minimum absolute atomic E-state index is 0. The summed E-state index contributed by atoms with van der Waals surface area (Å²) >= 11 is 1.68. The summed E-state index contributed by atoms with van der Waals surface area (Å²) in [6.07, 6.45) is 4.80. The van der Waals surface area contributed by atoms with Crippen molar-refractivity contribution in [2.24, 2.45) is 4.99 Å². The first kappa shape index (κ1) is 22.7. The Kier molecular flexibility index (Phi) is 10.6. The molecule has 0 unspecified atom stereocenters. The first-order valence-electron chi connectivity index (χ1n) is 8.24. The number of halogens is 2. The van der Waals surface area contributed by atoms with Crippen LogP contribution in [0.5, 0.6) is 0 Å². The molecular weight excluding hydrogens is 462 g/mol. The summed E-state index contributed by atoms with van der Waals surface area (Å²) in [5, 5.41) is 6.59. The summed E-state index contributed by atoms with van der Waals surface area (Å²) in [5.74, 6) is 1.34. The Balaban J connectivity index is 0.00000338. The average molecular weight is 488 g/mol. The van der Waals surface area contributed by atoms with Gasteiger partial charge in [0, 0.05) is 37.8 Å². The van der Waals surface area contributed by atoms with Crippen molar-refractivity contribution in [3.63, 3.8) is 0 Å². The Bertz CT molecular complexity index is 707. The van der Waals surface area contributed by atoms with Crippen molar-refractivity contribution in [1.82, 2.24) is 15.6 Å². The van der Waals surface area contributed by atoms with Crippen molar-refractivity contribution < 1.29 is 4.39 Å². The number of thioether (sulfide) groups is 1. The number of hydrogen-bond donors (Lipinski definition) is 2. The summed E-state index contributed by atoms with van der Waals surface area (Å²) in [7, 11) is 1.75. The van der Waals surface area contributed by atoms with Crippen LogP contribution in [0.3, 0.4) is 0 Å². The average Bonchev–Trinajstić information content (AvgIpc) is 2.61. The number of aryl methyl sites for hydroxylation is 1. The maximum Gasteiger partial charge on any atom is 0.191 e. The van der Waals surface area contributed by atoms with Crippen LogP contribution in [0.15, 0.2) is 41.5 Å². The van der Waals surface area contributed by atoms with Gasteiger partial charge in [0.15, 0.2) is 5.96 Å². The SMILES string of the molecule is CN=C(NCCc1ccc(C)nc1)NCc1ccc(F)cc1CSC.I. The number of aliphatic imine (C=N–C) groups is 1. The van der Waals surface area contributed by atoms with Crippen LogP contribution in [0.25, 0.3) is 0 Å². The van der Waals surface area contributed by atoms with Gasteiger partial charge in [-0.1, -0.05) is 12.1 Å². The molecule has 1 aromatic carbocycles. The molecule has 2 rings (SSSR count). The van der Waals surface area contributed by atoms with Crippen molar-refractivity contribution in [2.45, 2.75) is 25.6 Å². The number of hydrogen-bond acceptors (Lipinski definition) is 3. The van der Waals surface area contributed by atoms with Crippen LogP contribution in [0, 0.1) is 12.7 Å². The highest BCUT2D eigenvalue weighted by molar-refractivity contribution is 14.0. The molecular formula is C19H26FIN4S. The first-order valence-corrected chi connectivity index (χ1v) is 9.64. The van der Waals surface area contributed by atoms with Crippen molar-refractivity contribution in [3.8, 4) is 0 Å². The maximum absolute atomic E-state index is 13.4. The highest BCUT2D eigenvalue weighted by Gasteiger charge is 2.05. The van der Waals surface area contributed by atoms with Gasteiger partial charge >= 0.3 is 0 Å². The molecule has 0 aliphatic heterocycles. The smallest absolute Gasteiger partial charge is 0.191 e. The van der Waals surface area contributed by atoms with Crippen LogP contribution in [0.2, 0.25) is 0 Å². The Hall–Kier alpha value is -1.35. The molecule has 0 atom stereocenters. The van der Waals surface area contributed by atoms with Gasteiger partial charge in [0.2, 0.25) is 0 Å². The Morgan fingerprint density at radius 1 is 1.19 bits per heavy atom. The topological polar surface area (TPSA) is 49.3 Å². The van der Waals surface area contributed by atoms with Crippen LogP contribution in [-0.4, -0.2) is 30.8 Å². The monoisotopic (exact) mass is 488 g/mol. The molecule has 4 nitrogen and oxygen atoms in total. The maximum atomic E-state index is 13.4. The predicted molar refractivity (Wildman–Crippen MR) is 120 cm³/mol. The zero-order chi connectivity index (χ0) is 18.1. The molecule has 2 N–H and O–H groups in total. The highest BCUT2D eigenvalue weighted by Crippen LogP contribution is 2.16. The highest BCUT2D eigenvalue weighted by atomic mass is 127. The minimum atomic E-state index is -0.193. The Labute approximate surface area is 176 Å². The zero-order valence-electron chi connectivity index (χ0n) is 15.4. The third-order valence-electron chi connectivity index (χ3n) is 3.82. The van der Waals surface area contributed by atoms with Gasteiger partial charge in [-0.25, -0.2) is 4.39 Å². The van der Waals surface area contributed by atoms with Crippen LogP contribution in [0.1, 0.15) is 22.4 Å². The first-order chi connectivity index (χ1) is 12.1. The molecule has 2 aromatic rings. The van der Waals surface area contributed by atoms with Gasteiger partial charge in [0.05, 0.1) is 0 Å². The summed E-state index contributed by atoms with van der Waals surface area (Å²) in [6.45, 7) is 3.36. The van der Waals surface area contributed by atoms with Crippen LogP contribution < -0.4 is 10.6 Å². The van der Waals surface area contributed by atoms with Gasteiger partial charge in [-0.2, -0.15) is 11.8 Å². The lowest BCUT2D eigenvalue weighted by Crippen LogP contribution is -2.38. The van der Waals surface area contributed by atoms with Crippen molar-refractivity contribution >= 4 is 41.7 Å².